The summed E-state index contributed by atoms with van der Waals surface area (Å²) in [6, 6.07) is 11.0. The molecule has 0 aromatic heterocycles. The summed E-state index contributed by atoms with van der Waals surface area (Å²) >= 11 is 5.85. The van der Waals surface area contributed by atoms with Gasteiger partial charge in [0.15, 0.2) is 0 Å². The van der Waals surface area contributed by atoms with Gasteiger partial charge in [-0.2, -0.15) is 0 Å². The highest BCUT2D eigenvalue weighted by atomic mass is 35.5. The summed E-state index contributed by atoms with van der Waals surface area (Å²) in [4.78, 5) is 23.4. The Morgan fingerprint density at radius 3 is 2.38 bits per heavy atom. The number of unbranched alkanes of at least 4 members (excludes halogenated alkanes) is 2. The minimum Gasteiger partial charge on any atom is -0.495 e. The minimum atomic E-state index is -3.94. The zero-order valence-electron chi connectivity index (χ0n) is 18.0. The Kier molecular flexibility index (Phi) is 9.96. The number of sulfonamides is 1. The van der Waals surface area contributed by atoms with Gasteiger partial charge >= 0.3 is 5.97 Å². The van der Waals surface area contributed by atoms with Gasteiger partial charge in [0.2, 0.25) is 10.0 Å². The number of esters is 1. The number of hydrogen-bond donors (Lipinski definition) is 2. The van der Waals surface area contributed by atoms with Crippen molar-refractivity contribution in [3.63, 3.8) is 0 Å². The predicted octanol–water partition coefficient (Wildman–Crippen LogP) is 3.29. The average Bonchev–Trinajstić information content (AvgIpc) is 2.80. The van der Waals surface area contributed by atoms with E-state index in [1.165, 1.54) is 32.4 Å². The van der Waals surface area contributed by atoms with Crippen LogP contribution in [0.5, 0.6) is 5.75 Å². The monoisotopic (exact) mass is 482 g/mol. The number of hydrogen-bond acceptors (Lipinski definition) is 6. The highest BCUT2D eigenvalue weighted by Crippen LogP contribution is 2.25. The van der Waals surface area contributed by atoms with Crippen LogP contribution in [0, 0.1) is 0 Å². The fraction of sp³-hybridized carbons (Fsp3) is 0.364. The van der Waals surface area contributed by atoms with Crippen LogP contribution in [-0.2, 0) is 26.1 Å². The largest absolute Gasteiger partial charge is 0.495 e. The number of halogens is 1. The molecule has 2 aromatic carbocycles. The molecule has 0 unspecified atom stereocenters. The van der Waals surface area contributed by atoms with Crippen molar-refractivity contribution in [3.05, 3.63) is 58.6 Å². The van der Waals surface area contributed by atoms with E-state index in [1.54, 1.807) is 24.3 Å². The maximum absolute atomic E-state index is 12.9. The van der Waals surface area contributed by atoms with Crippen LogP contribution in [0.3, 0.4) is 0 Å². The summed E-state index contributed by atoms with van der Waals surface area (Å²) in [5.74, 6) is -0.520. The van der Waals surface area contributed by atoms with E-state index in [0.29, 0.717) is 30.8 Å². The predicted molar refractivity (Wildman–Crippen MR) is 121 cm³/mol. The number of rotatable bonds is 12. The molecule has 0 spiro atoms. The van der Waals surface area contributed by atoms with Gasteiger partial charge in [-0.15, -0.1) is 0 Å². The second kappa shape index (κ2) is 12.4. The first-order valence-corrected chi connectivity index (χ1v) is 11.9. The second-order valence-corrected chi connectivity index (χ2v) is 9.13. The second-order valence-electron chi connectivity index (χ2n) is 6.96. The highest BCUT2D eigenvalue weighted by molar-refractivity contribution is 7.89. The van der Waals surface area contributed by atoms with Crippen LogP contribution < -0.4 is 14.8 Å². The fourth-order valence-electron chi connectivity index (χ4n) is 2.86. The molecular formula is C22H27ClN2O6S. The molecule has 2 N–H and O–H groups in total. The third-order valence-corrected chi connectivity index (χ3v) is 6.34. The topological polar surface area (TPSA) is 111 Å². The molecule has 0 atom stereocenters. The Morgan fingerprint density at radius 2 is 1.72 bits per heavy atom. The first-order chi connectivity index (χ1) is 15.3. The smallest absolute Gasteiger partial charge is 0.305 e. The Labute approximate surface area is 193 Å². The normalized spacial score (nSPS) is 11.1. The van der Waals surface area contributed by atoms with Gasteiger partial charge in [0.05, 0.1) is 14.2 Å². The van der Waals surface area contributed by atoms with Crippen LogP contribution in [0.4, 0.5) is 0 Å². The van der Waals surface area contributed by atoms with Crippen molar-refractivity contribution >= 4 is 33.5 Å². The van der Waals surface area contributed by atoms with Gasteiger partial charge in [0.1, 0.15) is 10.6 Å². The summed E-state index contributed by atoms with van der Waals surface area (Å²) in [6.45, 7) is 0.466. The van der Waals surface area contributed by atoms with E-state index in [4.69, 9.17) is 16.3 Å². The lowest BCUT2D eigenvalue weighted by Crippen LogP contribution is -2.26. The number of nitrogens with one attached hydrogen (secondary N) is 2. The van der Waals surface area contributed by atoms with Crippen LogP contribution in [0.25, 0.3) is 0 Å². The number of carbonyl (C=O) groups excluding carboxylic acids is 2. The van der Waals surface area contributed by atoms with Gasteiger partial charge in [0.25, 0.3) is 5.91 Å². The third-order valence-electron chi connectivity index (χ3n) is 4.67. The van der Waals surface area contributed by atoms with Crippen molar-refractivity contribution in [2.75, 3.05) is 20.8 Å². The molecule has 0 aliphatic heterocycles. The van der Waals surface area contributed by atoms with Gasteiger partial charge in [-0.25, -0.2) is 13.1 Å². The first kappa shape index (κ1) is 25.6. The molecule has 0 aliphatic rings. The maximum Gasteiger partial charge on any atom is 0.305 e. The van der Waals surface area contributed by atoms with E-state index in [2.05, 4.69) is 14.8 Å². The van der Waals surface area contributed by atoms with Crippen LogP contribution in [0.15, 0.2) is 47.4 Å². The van der Waals surface area contributed by atoms with Gasteiger partial charge < -0.3 is 14.8 Å². The molecule has 2 aromatic rings. The number of benzene rings is 2. The van der Waals surface area contributed by atoms with Crippen molar-refractivity contribution in [2.45, 2.75) is 37.1 Å². The number of ether oxygens (including phenoxy) is 2. The highest BCUT2D eigenvalue weighted by Gasteiger charge is 2.21. The van der Waals surface area contributed by atoms with Crippen LogP contribution in [0.2, 0.25) is 5.02 Å². The minimum absolute atomic E-state index is 0.0602. The number of amides is 1. The van der Waals surface area contributed by atoms with Crippen molar-refractivity contribution in [3.8, 4) is 5.75 Å². The lowest BCUT2D eigenvalue weighted by Gasteiger charge is -2.13. The Bertz CT molecular complexity index is 1030. The third kappa shape index (κ3) is 7.81. The van der Waals surface area contributed by atoms with E-state index < -0.39 is 15.9 Å². The molecule has 8 nitrogen and oxygen atoms in total. The quantitative estimate of drug-likeness (QED) is 0.355. The van der Waals surface area contributed by atoms with Crippen LogP contribution >= 0.6 is 11.6 Å². The van der Waals surface area contributed by atoms with Gasteiger partial charge in [-0.05, 0) is 48.7 Å². The fourth-order valence-corrected chi connectivity index (χ4v) is 4.20. The molecule has 2 rings (SSSR count). The molecule has 10 heteroatoms. The van der Waals surface area contributed by atoms with E-state index in [0.717, 1.165) is 12.0 Å². The Balaban J connectivity index is 2.00. The Hall–Kier alpha value is -2.62. The number of methoxy groups -OCH3 is 2. The summed E-state index contributed by atoms with van der Waals surface area (Å²) < 4.78 is 38.0. The Morgan fingerprint density at radius 1 is 1.00 bits per heavy atom. The van der Waals surface area contributed by atoms with Crippen molar-refractivity contribution < 1.29 is 27.5 Å². The van der Waals surface area contributed by atoms with E-state index >= 15 is 0 Å². The molecule has 0 saturated heterocycles. The molecule has 0 aliphatic carbocycles. The van der Waals surface area contributed by atoms with E-state index in [-0.39, 0.29) is 28.7 Å². The molecule has 174 valence electrons. The molecule has 0 radical (unpaired) electrons. The van der Waals surface area contributed by atoms with Crippen molar-refractivity contribution in [1.29, 1.82) is 0 Å². The molecule has 0 heterocycles. The van der Waals surface area contributed by atoms with Crippen molar-refractivity contribution in [2.24, 2.45) is 0 Å². The lowest BCUT2D eigenvalue weighted by molar-refractivity contribution is -0.140. The van der Waals surface area contributed by atoms with Crippen molar-refractivity contribution in [1.82, 2.24) is 10.0 Å². The number of carbonyl (C=O) groups is 2. The molecule has 0 fully saturated rings. The van der Waals surface area contributed by atoms with Gasteiger partial charge in [0, 0.05) is 30.1 Å². The van der Waals surface area contributed by atoms with Gasteiger partial charge in [-0.1, -0.05) is 30.2 Å². The molecule has 0 bridgehead atoms. The molecule has 0 saturated carbocycles. The summed E-state index contributed by atoms with van der Waals surface area (Å²) in [5.41, 5.74) is 0.935. The molecule has 1 amide bonds. The summed E-state index contributed by atoms with van der Waals surface area (Å²) in [7, 11) is -1.23. The zero-order chi connectivity index (χ0) is 23.6. The first-order valence-electron chi connectivity index (χ1n) is 10.0. The van der Waals surface area contributed by atoms with Gasteiger partial charge in [-0.3, -0.25) is 9.59 Å². The molecular weight excluding hydrogens is 456 g/mol. The summed E-state index contributed by atoms with van der Waals surface area (Å²) in [6.07, 6.45) is 2.46. The summed E-state index contributed by atoms with van der Waals surface area (Å²) in [5, 5.41) is 3.31. The maximum atomic E-state index is 12.9. The molecule has 32 heavy (non-hydrogen) atoms. The SMILES string of the molecule is COC(=O)CCCCCNC(=O)c1ccc(OC)c(S(=O)(=O)NCc2ccc(Cl)cc2)c1. The standard InChI is InChI=1S/C22H27ClN2O6S/c1-30-19-12-9-17(22(27)24-13-5-3-4-6-21(26)31-2)14-20(19)32(28,29)25-15-16-7-10-18(23)11-8-16/h7-12,14,25H,3-6,13,15H2,1-2H3,(H,24,27). The zero-order valence-corrected chi connectivity index (χ0v) is 19.6. The van der Waals surface area contributed by atoms with Crippen LogP contribution in [-0.4, -0.2) is 41.1 Å². The van der Waals surface area contributed by atoms with Crippen LogP contribution in [0.1, 0.15) is 41.6 Å². The van der Waals surface area contributed by atoms with E-state index in [1.807, 2.05) is 0 Å². The average molecular weight is 483 g/mol. The van der Waals surface area contributed by atoms with E-state index in [9.17, 15) is 18.0 Å². The lowest BCUT2D eigenvalue weighted by atomic mass is 10.1.